The standard InChI is InChI=1S/C35H51N7O3/c1-6-29-35(44)39(4)30-21-36-32(38-33(30)42(29)23(2)3)20-25-9-10-26(19-31(25)45-5)34(43)37-27-11-13-28(14-12-27)41-17-15-40(16-18-41)22-24-7-8-24/h9-10,19,21,23-24,27-29H,6-8,11-18,20,22H2,1-5H3,(H,37,43)/t27?,28?,29-/m0/s1. The van der Waals surface area contributed by atoms with Gasteiger partial charge in [0.25, 0.3) is 5.91 Å². The maximum Gasteiger partial charge on any atom is 0.251 e. The molecule has 10 heteroatoms. The number of aromatic nitrogens is 2. The van der Waals surface area contributed by atoms with Crippen molar-refractivity contribution in [3.05, 3.63) is 41.3 Å². The Balaban J connectivity index is 1.06. The summed E-state index contributed by atoms with van der Waals surface area (Å²) >= 11 is 0. The van der Waals surface area contributed by atoms with E-state index in [1.54, 1.807) is 25.3 Å². The first-order valence-electron chi connectivity index (χ1n) is 17.1. The molecule has 10 nitrogen and oxygen atoms in total. The molecule has 45 heavy (non-hydrogen) atoms. The normalized spacial score (nSPS) is 24.6. The highest BCUT2D eigenvalue weighted by molar-refractivity contribution is 6.04. The number of piperazine rings is 1. The summed E-state index contributed by atoms with van der Waals surface area (Å²) in [4.78, 5) is 45.0. The minimum atomic E-state index is -0.250. The number of nitrogens with one attached hydrogen (secondary N) is 1. The highest BCUT2D eigenvalue weighted by atomic mass is 16.5. The third-order valence-corrected chi connectivity index (χ3v) is 10.4. The fourth-order valence-corrected chi connectivity index (χ4v) is 7.53. The molecule has 1 N–H and O–H groups in total. The van der Waals surface area contributed by atoms with Crippen LogP contribution in [0.2, 0.25) is 0 Å². The fourth-order valence-electron chi connectivity index (χ4n) is 7.53. The van der Waals surface area contributed by atoms with Crippen molar-refractivity contribution in [1.29, 1.82) is 0 Å². The zero-order valence-corrected chi connectivity index (χ0v) is 27.8. The van der Waals surface area contributed by atoms with Crippen LogP contribution in [-0.2, 0) is 11.2 Å². The number of anilines is 2. The summed E-state index contributed by atoms with van der Waals surface area (Å²) in [5.74, 6) is 3.06. The van der Waals surface area contributed by atoms with E-state index in [1.165, 1.54) is 45.6 Å². The van der Waals surface area contributed by atoms with E-state index in [4.69, 9.17) is 9.72 Å². The molecule has 0 unspecified atom stereocenters. The third-order valence-electron chi connectivity index (χ3n) is 10.4. The van der Waals surface area contributed by atoms with Gasteiger partial charge in [-0.2, -0.15) is 0 Å². The van der Waals surface area contributed by atoms with E-state index >= 15 is 0 Å². The summed E-state index contributed by atoms with van der Waals surface area (Å²) in [6, 6.07) is 6.37. The van der Waals surface area contributed by atoms with Crippen molar-refractivity contribution in [2.24, 2.45) is 5.92 Å². The van der Waals surface area contributed by atoms with Crippen molar-refractivity contribution >= 4 is 23.3 Å². The number of rotatable bonds is 10. The molecule has 244 valence electrons. The summed E-state index contributed by atoms with van der Waals surface area (Å²) in [6.45, 7) is 12.3. The Hall–Kier alpha value is -3.24. The average Bonchev–Trinajstić information content (AvgIpc) is 3.87. The van der Waals surface area contributed by atoms with E-state index in [0.717, 1.165) is 48.7 Å². The number of methoxy groups -OCH3 is 1. The zero-order valence-electron chi connectivity index (χ0n) is 27.8. The summed E-state index contributed by atoms with van der Waals surface area (Å²) in [6.07, 6.45) is 10.1. The van der Waals surface area contributed by atoms with Gasteiger partial charge in [0.1, 0.15) is 23.3 Å². The smallest absolute Gasteiger partial charge is 0.251 e. The topological polar surface area (TPSA) is 94.1 Å². The first-order chi connectivity index (χ1) is 21.7. The third kappa shape index (κ3) is 6.97. The molecule has 1 atom stereocenters. The monoisotopic (exact) mass is 617 g/mol. The molecule has 3 fully saturated rings. The number of benzene rings is 1. The lowest BCUT2D eigenvalue weighted by Crippen LogP contribution is -2.55. The number of ether oxygens (including phenoxy) is 1. The fraction of sp³-hybridized carbons (Fsp3) is 0.657. The second kappa shape index (κ2) is 13.6. The Bertz CT molecular complexity index is 1360. The summed E-state index contributed by atoms with van der Waals surface area (Å²) < 4.78 is 5.74. The van der Waals surface area contributed by atoms with Gasteiger partial charge in [0.2, 0.25) is 5.91 Å². The number of likely N-dealkylation sites (N-methyl/N-ethyl adjacent to an activating group) is 1. The molecule has 0 bridgehead atoms. The number of hydrogen-bond acceptors (Lipinski definition) is 8. The van der Waals surface area contributed by atoms with E-state index in [0.29, 0.717) is 36.0 Å². The molecule has 2 aliphatic carbocycles. The van der Waals surface area contributed by atoms with Crippen molar-refractivity contribution in [3.63, 3.8) is 0 Å². The predicted molar refractivity (Wildman–Crippen MR) is 177 cm³/mol. The Morgan fingerprint density at radius 2 is 1.80 bits per heavy atom. The molecule has 2 aromatic rings. The van der Waals surface area contributed by atoms with Crippen LogP contribution in [0, 0.1) is 5.92 Å². The van der Waals surface area contributed by atoms with Crippen molar-refractivity contribution in [2.75, 3.05) is 56.7 Å². The van der Waals surface area contributed by atoms with Crippen LogP contribution in [0.3, 0.4) is 0 Å². The van der Waals surface area contributed by atoms with E-state index in [1.807, 2.05) is 25.1 Å². The van der Waals surface area contributed by atoms with E-state index in [9.17, 15) is 9.59 Å². The van der Waals surface area contributed by atoms with Gasteiger partial charge in [-0.15, -0.1) is 0 Å². The molecular weight excluding hydrogens is 566 g/mol. The number of nitrogens with zero attached hydrogens (tertiary/aromatic N) is 6. The van der Waals surface area contributed by atoms with Crippen molar-refractivity contribution in [2.45, 2.75) is 96.3 Å². The van der Waals surface area contributed by atoms with Gasteiger partial charge >= 0.3 is 0 Å². The quantitative estimate of drug-likeness (QED) is 0.426. The van der Waals surface area contributed by atoms with Gasteiger partial charge in [-0.05, 0) is 76.8 Å². The maximum absolute atomic E-state index is 13.3. The van der Waals surface area contributed by atoms with E-state index in [-0.39, 0.29) is 29.9 Å². The van der Waals surface area contributed by atoms with Gasteiger partial charge in [0, 0.05) is 75.4 Å². The molecule has 2 aliphatic heterocycles. The van der Waals surface area contributed by atoms with Gasteiger partial charge in [-0.25, -0.2) is 9.97 Å². The van der Waals surface area contributed by atoms with Crippen LogP contribution in [0.5, 0.6) is 5.75 Å². The molecule has 1 aromatic heterocycles. The molecular formula is C35H51N7O3. The van der Waals surface area contributed by atoms with Crippen LogP contribution in [0.1, 0.15) is 87.5 Å². The van der Waals surface area contributed by atoms with Crippen LogP contribution in [0.15, 0.2) is 24.4 Å². The Labute approximate surface area is 268 Å². The number of hydrogen-bond donors (Lipinski definition) is 1. The van der Waals surface area contributed by atoms with Gasteiger partial charge in [-0.1, -0.05) is 13.0 Å². The number of fused-ring (bicyclic) bond motifs is 1. The lowest BCUT2D eigenvalue weighted by Gasteiger charge is -2.42. The highest BCUT2D eigenvalue weighted by Gasteiger charge is 2.38. The van der Waals surface area contributed by atoms with Gasteiger partial charge in [0.15, 0.2) is 5.82 Å². The van der Waals surface area contributed by atoms with Crippen LogP contribution < -0.4 is 19.9 Å². The van der Waals surface area contributed by atoms with Gasteiger partial charge in [-0.3, -0.25) is 14.5 Å². The van der Waals surface area contributed by atoms with Crippen LogP contribution >= 0.6 is 0 Å². The lowest BCUT2D eigenvalue weighted by molar-refractivity contribution is -0.120. The zero-order chi connectivity index (χ0) is 31.7. The second-order valence-corrected chi connectivity index (χ2v) is 13.8. The Morgan fingerprint density at radius 3 is 2.44 bits per heavy atom. The molecule has 0 spiro atoms. The summed E-state index contributed by atoms with van der Waals surface area (Å²) in [5.41, 5.74) is 2.24. The van der Waals surface area contributed by atoms with Gasteiger partial charge in [0.05, 0.1) is 13.3 Å². The van der Waals surface area contributed by atoms with Crippen molar-refractivity contribution in [3.8, 4) is 5.75 Å². The SMILES string of the molecule is CC[C@H]1C(=O)N(C)c2cnc(Cc3ccc(C(=O)NC4CCC(N5CCN(CC6CC6)CC5)CC4)cc3OC)nc2N1C(C)C. The molecule has 6 rings (SSSR count). The molecule has 0 radical (unpaired) electrons. The molecule has 1 saturated heterocycles. The van der Waals surface area contributed by atoms with Crippen molar-refractivity contribution in [1.82, 2.24) is 25.1 Å². The van der Waals surface area contributed by atoms with Crippen molar-refractivity contribution < 1.29 is 14.3 Å². The Kier molecular flexibility index (Phi) is 9.61. The predicted octanol–water partition coefficient (Wildman–Crippen LogP) is 4.11. The van der Waals surface area contributed by atoms with Crippen LogP contribution in [0.25, 0.3) is 0 Å². The molecule has 3 heterocycles. The lowest BCUT2D eigenvalue weighted by atomic mass is 9.89. The highest BCUT2D eigenvalue weighted by Crippen LogP contribution is 2.36. The number of carbonyl (C=O) groups is 2. The first-order valence-corrected chi connectivity index (χ1v) is 17.1. The van der Waals surface area contributed by atoms with Crippen LogP contribution in [-0.4, -0.2) is 103 Å². The maximum atomic E-state index is 13.3. The molecule has 4 aliphatic rings. The molecule has 2 amide bonds. The van der Waals surface area contributed by atoms with E-state index < -0.39 is 0 Å². The number of amides is 2. The summed E-state index contributed by atoms with van der Waals surface area (Å²) in [5, 5.41) is 3.30. The summed E-state index contributed by atoms with van der Waals surface area (Å²) in [7, 11) is 3.43. The largest absolute Gasteiger partial charge is 0.496 e. The molecule has 2 saturated carbocycles. The first kappa shape index (κ1) is 31.7. The average molecular weight is 618 g/mol. The van der Waals surface area contributed by atoms with E-state index in [2.05, 4.69) is 38.8 Å². The Morgan fingerprint density at radius 1 is 1.07 bits per heavy atom. The second-order valence-electron chi connectivity index (χ2n) is 13.8. The van der Waals surface area contributed by atoms with Crippen LogP contribution in [0.4, 0.5) is 11.5 Å². The number of carbonyl (C=O) groups excluding carboxylic acids is 2. The van der Waals surface area contributed by atoms with Gasteiger partial charge < -0.3 is 24.8 Å². The minimum absolute atomic E-state index is 0.0482. The molecule has 1 aromatic carbocycles. The minimum Gasteiger partial charge on any atom is -0.496 e.